The van der Waals surface area contributed by atoms with Gasteiger partial charge in [0, 0.05) is 66.6 Å². The fourth-order valence-corrected chi connectivity index (χ4v) is 15.5. The van der Waals surface area contributed by atoms with Gasteiger partial charge in [0.2, 0.25) is 6.29 Å². The van der Waals surface area contributed by atoms with Crippen molar-refractivity contribution in [3.8, 4) is 0 Å². The van der Waals surface area contributed by atoms with Gasteiger partial charge in [-0.15, -0.1) is 0 Å². The second-order valence-electron chi connectivity index (χ2n) is 29.2. The summed E-state index contributed by atoms with van der Waals surface area (Å²) in [6, 6.07) is 0. The first-order chi connectivity index (χ1) is 46.5. The number of esters is 8. The maximum atomic E-state index is 13.0. The van der Waals surface area contributed by atoms with Gasteiger partial charge >= 0.3 is 53.9 Å². The van der Waals surface area contributed by atoms with Crippen molar-refractivity contribution >= 4 is 47.8 Å². The number of hydrogen-bond donors (Lipinski definition) is 0. The van der Waals surface area contributed by atoms with E-state index in [0.717, 1.165) is 116 Å². The van der Waals surface area contributed by atoms with Crippen LogP contribution in [0.5, 0.6) is 0 Å². The summed E-state index contributed by atoms with van der Waals surface area (Å²) >= 11 is 0. The molecule has 0 radical (unpaired) electrons. The molecule has 8 bridgehead atoms. The van der Waals surface area contributed by atoms with Crippen LogP contribution >= 0.6 is 0 Å². The topological polar surface area (TPSA) is 284 Å². The Morgan fingerprint density at radius 3 is 1.64 bits per heavy atom. The summed E-state index contributed by atoms with van der Waals surface area (Å²) in [5, 5.41) is 0. The van der Waals surface area contributed by atoms with Crippen LogP contribution in [-0.4, -0.2) is 173 Å². The van der Waals surface area contributed by atoms with Gasteiger partial charge < -0.3 is 75.8 Å². The molecule has 6 heterocycles. The van der Waals surface area contributed by atoms with E-state index in [2.05, 4.69) is 37.6 Å². The maximum absolute atomic E-state index is 13.0. The highest BCUT2D eigenvalue weighted by atomic mass is 19.4. The summed E-state index contributed by atoms with van der Waals surface area (Å²) in [6.45, 7) is 30.6. The first kappa shape index (κ1) is 78.6. The fraction of sp³-hybridized carbons (Fsp3) is 0.750. The third-order valence-corrected chi connectivity index (χ3v) is 20.1. The van der Waals surface area contributed by atoms with E-state index in [9.17, 15) is 51.5 Å². The Balaban J connectivity index is 0.000000161. The molecule has 14 unspecified atom stereocenters. The normalized spacial score (nSPS) is 33.4. The average molecular weight is 1410 g/mol. The number of carbonyl (C=O) groups excluding carboxylic acids is 8. The Morgan fingerprint density at radius 2 is 1.08 bits per heavy atom. The van der Waals surface area contributed by atoms with Crippen molar-refractivity contribution in [2.75, 3.05) is 40.1 Å². The molecule has 0 aromatic heterocycles. The molecule has 0 N–H and O–H groups in total. The molecule has 14 fully saturated rings. The smallest absolute Gasteiger partial charge is 0.425 e. The lowest BCUT2D eigenvalue weighted by Crippen LogP contribution is -2.57. The minimum Gasteiger partial charge on any atom is -0.462 e. The Labute approximate surface area is 577 Å². The molecule has 8 aliphatic carbocycles. The third-order valence-electron chi connectivity index (χ3n) is 20.1. The van der Waals surface area contributed by atoms with Gasteiger partial charge in [-0.2, -0.15) is 13.2 Å². The van der Waals surface area contributed by atoms with Gasteiger partial charge in [-0.1, -0.05) is 45.7 Å². The SMILES string of the molecule is C=C(C)C(=O)OC(C)C(F)(F)F.C=C(C)C(=O)OC1C2CC3CC1CC(C(=O)OCC1COC(C)(C)O1)(C3)C2.C=C(C)C(=O)OC1OC(OC)C2OC3(CCCCC3)OC12.C=C(C)C(=O)OCC(=O)OC1C2CC3CC(C2)C(=O)OC1C3.C=C(C)C(=O)OCC1COC2(CCCCC2)O1. The van der Waals surface area contributed by atoms with Gasteiger partial charge in [-0.25, -0.2) is 28.8 Å². The number of carbonyl (C=O) groups is 8. The van der Waals surface area contributed by atoms with Crippen molar-refractivity contribution in [2.24, 2.45) is 40.9 Å². The fourth-order valence-electron chi connectivity index (χ4n) is 15.5. The zero-order valence-electron chi connectivity index (χ0n) is 58.7. The Bertz CT molecular complexity index is 2980. The van der Waals surface area contributed by atoms with E-state index in [1.165, 1.54) is 26.7 Å². The molecule has 24 nitrogen and oxygen atoms in total. The van der Waals surface area contributed by atoms with Crippen LogP contribution in [0.25, 0.3) is 0 Å². The molecule has 6 saturated heterocycles. The zero-order chi connectivity index (χ0) is 72.5. The van der Waals surface area contributed by atoms with Gasteiger partial charge in [-0.05, 0) is 163 Å². The van der Waals surface area contributed by atoms with E-state index in [1.807, 2.05) is 13.8 Å². The molecule has 99 heavy (non-hydrogen) atoms. The second kappa shape index (κ2) is 33.4. The highest BCUT2D eigenvalue weighted by Gasteiger charge is 2.62. The summed E-state index contributed by atoms with van der Waals surface area (Å²) in [5.41, 5.74) is 0.926. The van der Waals surface area contributed by atoms with Crippen molar-refractivity contribution in [1.29, 1.82) is 0 Å². The lowest BCUT2D eigenvalue weighted by atomic mass is 9.48. The zero-order valence-corrected chi connectivity index (χ0v) is 58.7. The predicted octanol–water partition coefficient (Wildman–Crippen LogP) is 10.5. The Morgan fingerprint density at radius 1 is 0.556 bits per heavy atom. The molecule has 8 saturated carbocycles. The number of halogens is 3. The van der Waals surface area contributed by atoms with Crippen molar-refractivity contribution in [3.05, 3.63) is 60.8 Å². The van der Waals surface area contributed by atoms with Crippen LogP contribution in [-0.2, 0) is 114 Å². The maximum Gasteiger partial charge on any atom is 0.425 e. The van der Waals surface area contributed by atoms with E-state index in [4.69, 9.17) is 71.1 Å². The minimum atomic E-state index is -4.51. The largest absolute Gasteiger partial charge is 0.462 e. The molecular formula is C72H101F3O24. The third kappa shape index (κ3) is 20.6. The lowest BCUT2D eigenvalue weighted by molar-refractivity contribution is -0.280. The van der Waals surface area contributed by atoms with E-state index in [0.29, 0.717) is 41.8 Å². The Kier molecular flexibility index (Phi) is 26.5. The average Bonchev–Trinajstić information content (AvgIpc) is 1.56. The van der Waals surface area contributed by atoms with Crippen molar-refractivity contribution in [2.45, 2.75) is 262 Å². The molecule has 0 aromatic carbocycles. The summed E-state index contributed by atoms with van der Waals surface area (Å²) in [7, 11) is 1.54. The molecule has 6 aliphatic heterocycles. The van der Waals surface area contributed by atoms with Crippen molar-refractivity contribution in [1.82, 2.24) is 0 Å². The number of methoxy groups -OCH3 is 1. The van der Waals surface area contributed by atoms with Gasteiger partial charge in [0.05, 0.1) is 24.5 Å². The van der Waals surface area contributed by atoms with Gasteiger partial charge in [0.1, 0.15) is 49.8 Å². The van der Waals surface area contributed by atoms with Gasteiger partial charge in [0.15, 0.2) is 42.5 Å². The quantitative estimate of drug-likeness (QED) is 0.0743. The molecule has 27 heteroatoms. The summed E-state index contributed by atoms with van der Waals surface area (Å²) in [5.74, 6) is -3.66. The molecule has 0 aromatic rings. The monoisotopic (exact) mass is 1410 g/mol. The molecular weight excluding hydrogens is 1310 g/mol. The highest BCUT2D eigenvalue weighted by molar-refractivity contribution is 5.89. The standard InChI is InChI=1S/C21H30O6.C16H20O6.C15H22O6.C13H20O4.C7H9F3O2/c1-12(2)18(22)26-17-14-5-13-6-15(17)9-21(7-13,8-14)19(23)24-10-16-11-25-20(3,4)27-16;1-8(2)15(18)20-7-13(17)22-14-10-3-9-4-11(6-10)16(19)21-12(14)5-9;1-9(2)12(16)18-14-11-10(13(17-3)19-14)20-15(21-11)7-5-4-6-8-15;1-10(2)12(14)15-8-11-9-16-13(17-11)6-4-3-5-7-13;1-4(2)6(11)12-5(3)7(8,9)10/h13-17H,1,5-11H2,2-4H3;9-12,14H,1,3-7H2,2H3;10-11,13-14H,1,4-8H2,2-3H3;11H,1,3-9H2,2H3;5H,1H2,2-3H3. The van der Waals surface area contributed by atoms with Gasteiger partial charge in [-0.3, -0.25) is 9.59 Å². The van der Waals surface area contributed by atoms with Crippen LogP contribution in [0, 0.1) is 40.9 Å². The molecule has 2 spiro atoms. The van der Waals surface area contributed by atoms with Crippen molar-refractivity contribution in [3.63, 3.8) is 0 Å². The predicted molar refractivity (Wildman–Crippen MR) is 342 cm³/mol. The van der Waals surface area contributed by atoms with Crippen LogP contribution in [0.15, 0.2) is 60.8 Å². The second-order valence-corrected chi connectivity index (χ2v) is 29.2. The van der Waals surface area contributed by atoms with E-state index in [-0.39, 0.29) is 102 Å². The van der Waals surface area contributed by atoms with Crippen LogP contribution < -0.4 is 0 Å². The highest BCUT2D eigenvalue weighted by Crippen LogP contribution is 2.61. The number of fused-ring (bicyclic) bond motifs is 2. The molecule has 14 rings (SSSR count). The number of ether oxygens (including phenoxy) is 16. The number of hydrogen-bond acceptors (Lipinski definition) is 24. The number of alkyl halides is 3. The van der Waals surface area contributed by atoms with E-state index in [1.54, 1.807) is 27.9 Å². The minimum absolute atomic E-state index is 0.0499. The first-order valence-electron chi connectivity index (χ1n) is 34.6. The molecule has 554 valence electrons. The van der Waals surface area contributed by atoms with Crippen LogP contribution in [0.4, 0.5) is 13.2 Å². The van der Waals surface area contributed by atoms with Crippen LogP contribution in [0.1, 0.15) is 177 Å². The molecule has 0 amide bonds. The van der Waals surface area contributed by atoms with Gasteiger partial charge in [0.25, 0.3) is 0 Å². The van der Waals surface area contributed by atoms with Crippen molar-refractivity contribution < 1.29 is 127 Å². The van der Waals surface area contributed by atoms with E-state index < -0.39 is 90.3 Å². The lowest BCUT2D eigenvalue weighted by Gasteiger charge is -2.57. The Hall–Kier alpha value is -6.07. The van der Waals surface area contributed by atoms with Crippen LogP contribution in [0.2, 0.25) is 0 Å². The number of rotatable bonds is 17. The van der Waals surface area contributed by atoms with Crippen LogP contribution in [0.3, 0.4) is 0 Å². The summed E-state index contributed by atoms with van der Waals surface area (Å²) in [6.07, 6.45) is 8.34. The summed E-state index contributed by atoms with van der Waals surface area (Å²) < 4.78 is 123. The molecule has 14 aliphatic rings. The molecule has 14 atom stereocenters. The summed E-state index contributed by atoms with van der Waals surface area (Å²) in [4.78, 5) is 93.7. The first-order valence-corrected chi connectivity index (χ1v) is 34.6. The van der Waals surface area contributed by atoms with E-state index >= 15 is 0 Å².